The number of phenolic OH excluding ortho intramolecular Hbond substituents is 1. The van der Waals surface area contributed by atoms with E-state index < -0.39 is 22.3 Å². The number of hydrogen-bond acceptors (Lipinski definition) is 4. The second kappa shape index (κ2) is 5.11. The van der Waals surface area contributed by atoms with Crippen molar-refractivity contribution in [3.05, 3.63) is 33.9 Å². The molecule has 0 heterocycles. The van der Waals surface area contributed by atoms with Crippen molar-refractivity contribution in [2.45, 2.75) is 13.3 Å². The van der Waals surface area contributed by atoms with Crippen LogP contribution in [0.1, 0.15) is 23.7 Å². The lowest BCUT2D eigenvalue weighted by Crippen LogP contribution is -2.24. The third-order valence-corrected chi connectivity index (χ3v) is 1.99. The average molecular weight is 224 g/mol. The SMILES string of the molecule is CCCNC(=O)c1cccc([N+](=O)[O-])c1O. The quantitative estimate of drug-likeness (QED) is 0.597. The fourth-order valence-electron chi connectivity index (χ4n) is 1.20. The number of nitrogens with one attached hydrogen (secondary N) is 1. The van der Waals surface area contributed by atoms with E-state index in [0.29, 0.717) is 6.54 Å². The zero-order valence-corrected chi connectivity index (χ0v) is 8.77. The molecule has 0 aliphatic heterocycles. The summed E-state index contributed by atoms with van der Waals surface area (Å²) in [5.41, 5.74) is -0.549. The number of carbonyl (C=O) groups is 1. The van der Waals surface area contributed by atoms with Crippen LogP contribution in [-0.2, 0) is 0 Å². The monoisotopic (exact) mass is 224 g/mol. The van der Waals surface area contributed by atoms with Crippen LogP contribution in [0.3, 0.4) is 0 Å². The van der Waals surface area contributed by atoms with Gasteiger partial charge in [-0.15, -0.1) is 0 Å². The summed E-state index contributed by atoms with van der Waals surface area (Å²) in [7, 11) is 0. The van der Waals surface area contributed by atoms with Crippen LogP contribution in [0.5, 0.6) is 5.75 Å². The number of nitrogens with zero attached hydrogens (tertiary/aromatic N) is 1. The zero-order valence-electron chi connectivity index (χ0n) is 8.77. The predicted molar refractivity (Wildman–Crippen MR) is 57.4 cm³/mol. The van der Waals surface area contributed by atoms with E-state index in [1.54, 1.807) is 0 Å². The number of para-hydroxylation sites is 1. The molecule has 0 radical (unpaired) electrons. The fraction of sp³-hybridized carbons (Fsp3) is 0.300. The van der Waals surface area contributed by atoms with Gasteiger partial charge in [-0.05, 0) is 12.5 Å². The molecule has 0 aromatic heterocycles. The number of amides is 1. The molecule has 0 aliphatic carbocycles. The lowest BCUT2D eigenvalue weighted by Gasteiger charge is -2.05. The molecule has 0 saturated carbocycles. The van der Waals surface area contributed by atoms with E-state index in [-0.39, 0.29) is 5.56 Å². The van der Waals surface area contributed by atoms with Crippen molar-refractivity contribution in [1.82, 2.24) is 5.32 Å². The highest BCUT2D eigenvalue weighted by Gasteiger charge is 2.20. The Kier molecular flexibility index (Phi) is 3.82. The van der Waals surface area contributed by atoms with Crippen molar-refractivity contribution in [2.24, 2.45) is 0 Å². The molecule has 2 N–H and O–H groups in total. The first-order chi connectivity index (χ1) is 7.57. The van der Waals surface area contributed by atoms with Crippen LogP contribution in [0, 0.1) is 10.1 Å². The number of rotatable bonds is 4. The number of carbonyl (C=O) groups excluding carboxylic acids is 1. The van der Waals surface area contributed by atoms with Crippen molar-refractivity contribution in [2.75, 3.05) is 6.54 Å². The first-order valence-corrected chi connectivity index (χ1v) is 4.82. The summed E-state index contributed by atoms with van der Waals surface area (Å²) in [6, 6.07) is 3.85. The highest BCUT2D eigenvalue weighted by atomic mass is 16.6. The topological polar surface area (TPSA) is 92.5 Å². The first kappa shape index (κ1) is 12.0. The van der Waals surface area contributed by atoms with Gasteiger partial charge in [0, 0.05) is 12.6 Å². The molecule has 16 heavy (non-hydrogen) atoms. The maximum absolute atomic E-state index is 11.5. The number of nitro benzene ring substituents is 1. The lowest BCUT2D eigenvalue weighted by atomic mass is 10.1. The minimum atomic E-state index is -0.730. The van der Waals surface area contributed by atoms with Gasteiger partial charge in [0.05, 0.1) is 10.5 Å². The standard InChI is InChI=1S/C10H12N2O4/c1-2-6-11-10(14)7-4-3-5-8(9(7)13)12(15)16/h3-5,13H,2,6H2,1H3,(H,11,14). The molecule has 6 heteroatoms. The summed E-state index contributed by atoms with van der Waals surface area (Å²) in [6.07, 6.45) is 0.751. The largest absolute Gasteiger partial charge is 0.502 e. The lowest BCUT2D eigenvalue weighted by molar-refractivity contribution is -0.385. The third-order valence-electron chi connectivity index (χ3n) is 1.99. The molecule has 1 rings (SSSR count). The normalized spacial score (nSPS) is 9.81. The Morgan fingerprint density at radius 3 is 2.81 bits per heavy atom. The van der Waals surface area contributed by atoms with Gasteiger partial charge in [-0.2, -0.15) is 0 Å². The summed E-state index contributed by atoms with van der Waals surface area (Å²) < 4.78 is 0. The third kappa shape index (κ3) is 2.47. The average Bonchev–Trinajstić information content (AvgIpc) is 2.25. The molecule has 0 saturated heterocycles. The molecule has 0 fully saturated rings. The van der Waals surface area contributed by atoms with E-state index in [2.05, 4.69) is 5.32 Å². The summed E-state index contributed by atoms with van der Waals surface area (Å²) in [5, 5.41) is 22.6. The number of nitro groups is 1. The van der Waals surface area contributed by atoms with Crippen molar-refractivity contribution in [3.8, 4) is 5.75 Å². The molecule has 0 unspecified atom stereocenters. The van der Waals surface area contributed by atoms with E-state index in [4.69, 9.17) is 0 Å². The Morgan fingerprint density at radius 1 is 1.56 bits per heavy atom. The molecule has 0 aliphatic rings. The maximum atomic E-state index is 11.5. The fourth-order valence-corrected chi connectivity index (χ4v) is 1.20. The van der Waals surface area contributed by atoms with Gasteiger partial charge in [-0.25, -0.2) is 0 Å². The Bertz CT molecular complexity index is 417. The van der Waals surface area contributed by atoms with Gasteiger partial charge in [0.25, 0.3) is 5.91 Å². The Hall–Kier alpha value is -2.11. The van der Waals surface area contributed by atoms with Gasteiger partial charge in [0.1, 0.15) is 0 Å². The van der Waals surface area contributed by atoms with Crippen molar-refractivity contribution in [1.29, 1.82) is 0 Å². The van der Waals surface area contributed by atoms with Crippen LogP contribution in [0.4, 0.5) is 5.69 Å². The molecule has 0 spiro atoms. The summed E-state index contributed by atoms with van der Waals surface area (Å²) in [4.78, 5) is 21.3. The highest BCUT2D eigenvalue weighted by molar-refractivity contribution is 5.98. The van der Waals surface area contributed by atoms with Crippen molar-refractivity contribution < 1.29 is 14.8 Å². The molecular formula is C10H12N2O4. The van der Waals surface area contributed by atoms with Crippen LogP contribution < -0.4 is 5.32 Å². The first-order valence-electron chi connectivity index (χ1n) is 4.82. The van der Waals surface area contributed by atoms with Crippen LogP contribution in [-0.4, -0.2) is 22.5 Å². The van der Waals surface area contributed by atoms with Gasteiger partial charge in [-0.3, -0.25) is 14.9 Å². The number of hydrogen-bond donors (Lipinski definition) is 2. The van der Waals surface area contributed by atoms with Gasteiger partial charge in [0.15, 0.2) is 0 Å². The summed E-state index contributed by atoms with van der Waals surface area (Å²) in [5.74, 6) is -1.11. The molecule has 0 atom stereocenters. The second-order valence-corrected chi connectivity index (χ2v) is 3.19. The maximum Gasteiger partial charge on any atom is 0.311 e. The van der Waals surface area contributed by atoms with Gasteiger partial charge >= 0.3 is 5.69 Å². The number of phenols is 1. The molecule has 1 aromatic rings. The van der Waals surface area contributed by atoms with Crippen LogP contribution in [0.25, 0.3) is 0 Å². The summed E-state index contributed by atoms with van der Waals surface area (Å²) in [6.45, 7) is 2.34. The van der Waals surface area contributed by atoms with Gasteiger partial charge in [0.2, 0.25) is 5.75 Å². The second-order valence-electron chi connectivity index (χ2n) is 3.19. The molecule has 86 valence electrons. The van der Waals surface area contributed by atoms with E-state index in [1.807, 2.05) is 6.92 Å². The minimum absolute atomic E-state index is 0.0809. The molecule has 0 bridgehead atoms. The van der Waals surface area contributed by atoms with Crippen LogP contribution in [0.2, 0.25) is 0 Å². The van der Waals surface area contributed by atoms with Crippen molar-refractivity contribution in [3.63, 3.8) is 0 Å². The van der Waals surface area contributed by atoms with Gasteiger partial charge in [-0.1, -0.05) is 13.0 Å². The Balaban J connectivity index is 3.01. The van der Waals surface area contributed by atoms with E-state index in [1.165, 1.54) is 12.1 Å². The van der Waals surface area contributed by atoms with E-state index >= 15 is 0 Å². The van der Waals surface area contributed by atoms with Crippen molar-refractivity contribution >= 4 is 11.6 Å². The Labute approximate surface area is 92.0 Å². The van der Waals surface area contributed by atoms with Crippen LogP contribution >= 0.6 is 0 Å². The Morgan fingerprint density at radius 2 is 2.25 bits per heavy atom. The van der Waals surface area contributed by atoms with E-state index in [0.717, 1.165) is 12.5 Å². The van der Waals surface area contributed by atoms with E-state index in [9.17, 15) is 20.0 Å². The minimum Gasteiger partial charge on any atom is -0.502 e. The molecular weight excluding hydrogens is 212 g/mol. The highest BCUT2D eigenvalue weighted by Crippen LogP contribution is 2.28. The molecule has 1 amide bonds. The molecule has 6 nitrogen and oxygen atoms in total. The number of aromatic hydroxyl groups is 1. The smallest absolute Gasteiger partial charge is 0.311 e. The predicted octanol–water partition coefficient (Wildman–Crippen LogP) is 1.44. The zero-order chi connectivity index (χ0) is 12.1. The molecule has 1 aromatic carbocycles. The van der Waals surface area contributed by atoms with Gasteiger partial charge < -0.3 is 10.4 Å². The van der Waals surface area contributed by atoms with Crippen LogP contribution in [0.15, 0.2) is 18.2 Å². The number of benzene rings is 1. The summed E-state index contributed by atoms with van der Waals surface area (Å²) >= 11 is 0.